The molecule has 0 aliphatic carbocycles. The van der Waals surface area contributed by atoms with Crippen molar-refractivity contribution in [1.29, 1.82) is 0 Å². The molecule has 2 aromatic heterocycles. The second-order valence-electron chi connectivity index (χ2n) is 7.12. The average Bonchev–Trinajstić information content (AvgIpc) is 3.44. The fraction of sp³-hybridized carbons (Fsp3) is 0.261. The van der Waals surface area contributed by atoms with Crippen LogP contribution >= 0.6 is 0 Å². The van der Waals surface area contributed by atoms with Crippen LogP contribution in [0.3, 0.4) is 0 Å². The Hall–Kier alpha value is -3.61. The molecule has 0 aliphatic heterocycles. The van der Waals surface area contributed by atoms with Gasteiger partial charge in [-0.1, -0.05) is 62.4 Å². The highest BCUT2D eigenvalue weighted by molar-refractivity contribution is 5.70. The van der Waals surface area contributed by atoms with Crippen molar-refractivity contribution in [2.24, 2.45) is 0 Å². The van der Waals surface area contributed by atoms with Gasteiger partial charge in [0.25, 0.3) is 0 Å². The summed E-state index contributed by atoms with van der Waals surface area (Å²) < 4.78 is 1.99. The summed E-state index contributed by atoms with van der Waals surface area (Å²) in [4.78, 5) is 4.68. The largest absolute Gasteiger partial charge is 0.242 e. The number of rotatable bonds is 8. The Bertz CT molecular complexity index is 1110. The van der Waals surface area contributed by atoms with Gasteiger partial charge < -0.3 is 0 Å². The topological polar surface area (TPSA) is 85.2 Å². The fourth-order valence-corrected chi connectivity index (χ4v) is 3.29. The predicted octanol–water partition coefficient (Wildman–Crippen LogP) is 4.55. The molecule has 152 valence electrons. The molecule has 0 saturated heterocycles. The Morgan fingerprint density at radius 3 is 2.57 bits per heavy atom. The quantitative estimate of drug-likeness (QED) is 0.470. The van der Waals surface area contributed by atoms with Gasteiger partial charge in [0.05, 0.1) is 6.54 Å². The number of aryl methyl sites for hydroxylation is 1. The van der Waals surface area contributed by atoms with E-state index in [1.807, 2.05) is 16.8 Å². The van der Waals surface area contributed by atoms with Crippen LogP contribution in [0.15, 0.2) is 54.6 Å². The smallest absolute Gasteiger partial charge is 0.204 e. The first-order valence-electron chi connectivity index (χ1n) is 10.3. The van der Waals surface area contributed by atoms with Gasteiger partial charge in [-0.25, -0.2) is 9.67 Å². The summed E-state index contributed by atoms with van der Waals surface area (Å²) in [6.45, 7) is 4.97. The summed E-state index contributed by atoms with van der Waals surface area (Å²) in [6.07, 6.45) is 7.10. The minimum Gasteiger partial charge on any atom is -0.242 e. The zero-order chi connectivity index (χ0) is 20.8. The summed E-state index contributed by atoms with van der Waals surface area (Å²) in [5.41, 5.74) is 4.37. The molecule has 4 aromatic rings. The number of allylic oxidation sites excluding steroid dienone is 1. The maximum Gasteiger partial charge on any atom is 0.204 e. The second kappa shape index (κ2) is 9.26. The van der Waals surface area contributed by atoms with Crippen LogP contribution in [0.4, 0.5) is 0 Å². The number of nitrogens with one attached hydrogen (secondary N) is 1. The average molecular weight is 400 g/mol. The summed E-state index contributed by atoms with van der Waals surface area (Å²) in [5.74, 6) is 2.41. The Labute approximate surface area is 175 Å². The first-order valence-corrected chi connectivity index (χ1v) is 10.3. The summed E-state index contributed by atoms with van der Waals surface area (Å²) >= 11 is 0. The number of H-pyrrole nitrogens is 1. The van der Waals surface area contributed by atoms with E-state index in [0.717, 1.165) is 47.6 Å². The Kier molecular flexibility index (Phi) is 6.08. The van der Waals surface area contributed by atoms with E-state index in [1.165, 1.54) is 5.56 Å². The third kappa shape index (κ3) is 4.51. The highest BCUT2D eigenvalue weighted by Gasteiger charge is 2.09. The molecule has 2 aromatic carbocycles. The van der Waals surface area contributed by atoms with Crippen molar-refractivity contribution in [2.45, 2.75) is 39.7 Å². The van der Waals surface area contributed by atoms with E-state index in [0.29, 0.717) is 12.4 Å². The van der Waals surface area contributed by atoms with Crippen molar-refractivity contribution < 1.29 is 0 Å². The van der Waals surface area contributed by atoms with Crippen LogP contribution in [0.2, 0.25) is 0 Å². The van der Waals surface area contributed by atoms with E-state index in [4.69, 9.17) is 5.10 Å². The Morgan fingerprint density at radius 2 is 1.83 bits per heavy atom. The van der Waals surface area contributed by atoms with E-state index in [1.54, 1.807) is 0 Å². The lowest BCUT2D eigenvalue weighted by Crippen LogP contribution is -2.04. The standard InChI is InChI=1S/C23H25N7/c1-3-5-10-22-24-21(7-4-2)27-30(22)16-17-11-13-18(14-12-17)19-8-6-9-20(15-19)23-25-28-29-26-23/h5-6,8-15H,3-4,7,16H2,1-2H3,(H,25,26,28,29)/b10-5+. The van der Waals surface area contributed by atoms with Gasteiger partial charge in [0, 0.05) is 12.0 Å². The molecule has 0 aliphatic rings. The molecule has 0 amide bonds. The highest BCUT2D eigenvalue weighted by atomic mass is 15.5. The maximum absolute atomic E-state index is 4.70. The number of nitrogens with zero attached hydrogens (tertiary/aromatic N) is 6. The molecule has 0 bridgehead atoms. The molecule has 4 rings (SSSR count). The molecule has 30 heavy (non-hydrogen) atoms. The van der Waals surface area contributed by atoms with Crippen molar-refractivity contribution >= 4 is 6.08 Å². The lowest BCUT2D eigenvalue weighted by Gasteiger charge is -2.07. The van der Waals surface area contributed by atoms with Crippen LogP contribution in [0.25, 0.3) is 28.6 Å². The first kappa shape index (κ1) is 19.7. The molecule has 2 heterocycles. The van der Waals surface area contributed by atoms with Gasteiger partial charge in [0.15, 0.2) is 11.6 Å². The molecule has 7 heteroatoms. The van der Waals surface area contributed by atoms with Crippen LogP contribution in [0.1, 0.15) is 43.9 Å². The van der Waals surface area contributed by atoms with Gasteiger partial charge in [-0.05, 0) is 46.9 Å². The zero-order valence-electron chi connectivity index (χ0n) is 17.3. The summed E-state index contributed by atoms with van der Waals surface area (Å²) in [5, 5.41) is 19.0. The molecule has 1 N–H and O–H groups in total. The van der Waals surface area contributed by atoms with Crippen LogP contribution in [0, 0.1) is 0 Å². The Balaban J connectivity index is 1.55. The van der Waals surface area contributed by atoms with E-state index < -0.39 is 0 Å². The lowest BCUT2D eigenvalue weighted by atomic mass is 10.0. The predicted molar refractivity (Wildman–Crippen MR) is 117 cm³/mol. The normalized spacial score (nSPS) is 11.4. The molecule has 0 fully saturated rings. The number of aromatic amines is 1. The number of hydrogen-bond acceptors (Lipinski definition) is 5. The molecule has 0 unspecified atom stereocenters. The van der Waals surface area contributed by atoms with Gasteiger partial charge in [-0.3, -0.25) is 0 Å². The van der Waals surface area contributed by atoms with Crippen molar-refractivity contribution in [2.75, 3.05) is 0 Å². The zero-order valence-corrected chi connectivity index (χ0v) is 17.3. The number of benzene rings is 2. The van der Waals surface area contributed by atoms with Crippen molar-refractivity contribution in [1.82, 2.24) is 35.4 Å². The molecule has 0 radical (unpaired) electrons. The summed E-state index contributed by atoms with van der Waals surface area (Å²) in [6, 6.07) is 16.7. The van der Waals surface area contributed by atoms with Crippen molar-refractivity contribution in [3.8, 4) is 22.5 Å². The van der Waals surface area contributed by atoms with Gasteiger partial charge in [0.2, 0.25) is 5.82 Å². The third-order valence-corrected chi connectivity index (χ3v) is 4.81. The van der Waals surface area contributed by atoms with Gasteiger partial charge in [-0.15, -0.1) is 10.2 Å². The number of aromatic nitrogens is 7. The monoisotopic (exact) mass is 399 g/mol. The summed E-state index contributed by atoms with van der Waals surface area (Å²) in [7, 11) is 0. The van der Waals surface area contributed by atoms with Crippen LogP contribution in [0.5, 0.6) is 0 Å². The maximum atomic E-state index is 4.70. The van der Waals surface area contributed by atoms with Crippen LogP contribution < -0.4 is 0 Å². The molecular formula is C23H25N7. The van der Waals surface area contributed by atoms with Gasteiger partial charge in [-0.2, -0.15) is 10.3 Å². The van der Waals surface area contributed by atoms with Crippen LogP contribution in [-0.2, 0) is 13.0 Å². The molecule has 0 spiro atoms. The van der Waals surface area contributed by atoms with E-state index in [2.05, 4.69) is 88.0 Å². The van der Waals surface area contributed by atoms with E-state index in [-0.39, 0.29) is 0 Å². The molecule has 7 nitrogen and oxygen atoms in total. The van der Waals surface area contributed by atoms with E-state index in [9.17, 15) is 0 Å². The van der Waals surface area contributed by atoms with Crippen molar-refractivity contribution in [3.63, 3.8) is 0 Å². The van der Waals surface area contributed by atoms with Gasteiger partial charge >= 0.3 is 0 Å². The first-order chi connectivity index (χ1) is 14.8. The second-order valence-corrected chi connectivity index (χ2v) is 7.12. The Morgan fingerprint density at radius 1 is 1.00 bits per heavy atom. The van der Waals surface area contributed by atoms with Crippen molar-refractivity contribution in [3.05, 3.63) is 71.8 Å². The fourth-order valence-electron chi connectivity index (χ4n) is 3.29. The molecule has 0 saturated carbocycles. The van der Waals surface area contributed by atoms with Crippen LogP contribution in [-0.4, -0.2) is 35.4 Å². The van der Waals surface area contributed by atoms with E-state index >= 15 is 0 Å². The molecular weight excluding hydrogens is 374 g/mol. The highest BCUT2D eigenvalue weighted by Crippen LogP contribution is 2.24. The lowest BCUT2D eigenvalue weighted by molar-refractivity contribution is 0.662. The van der Waals surface area contributed by atoms with Gasteiger partial charge in [0.1, 0.15) is 0 Å². The molecule has 0 atom stereocenters. The number of hydrogen-bond donors (Lipinski definition) is 1. The number of tetrazole rings is 1. The minimum atomic E-state index is 0.593. The minimum absolute atomic E-state index is 0.593. The SMILES string of the molecule is CC/C=C/c1nc(CCC)nn1Cc1ccc(-c2cccc(-c3nn[nH]n3)c2)cc1. The third-order valence-electron chi connectivity index (χ3n) is 4.81.